The van der Waals surface area contributed by atoms with E-state index in [2.05, 4.69) is 15.9 Å². The van der Waals surface area contributed by atoms with Crippen molar-refractivity contribution in [2.45, 2.75) is 4.83 Å². The van der Waals surface area contributed by atoms with Gasteiger partial charge in [-0.25, -0.2) is 8.78 Å². The van der Waals surface area contributed by atoms with E-state index in [9.17, 15) is 8.78 Å². The van der Waals surface area contributed by atoms with Crippen LogP contribution in [0, 0.1) is 11.6 Å². The van der Waals surface area contributed by atoms with Gasteiger partial charge in [0.25, 0.3) is 0 Å². The van der Waals surface area contributed by atoms with Gasteiger partial charge in [-0.1, -0.05) is 51.3 Å². The van der Waals surface area contributed by atoms with E-state index in [1.165, 1.54) is 6.07 Å². The van der Waals surface area contributed by atoms with Crippen molar-refractivity contribution in [2.75, 3.05) is 0 Å². The molecule has 0 fully saturated rings. The molecule has 0 aromatic heterocycles. The fourth-order valence-corrected chi connectivity index (χ4v) is 3.25. The van der Waals surface area contributed by atoms with E-state index in [-0.39, 0.29) is 0 Å². The summed E-state index contributed by atoms with van der Waals surface area (Å²) in [7, 11) is 0. The first kappa shape index (κ1) is 13.8. The lowest BCUT2D eigenvalue weighted by Gasteiger charge is -2.14. The van der Waals surface area contributed by atoms with Crippen LogP contribution < -0.4 is 0 Å². The SMILES string of the molecule is Fc1ccc(C(Br)c2c(Cl)cccc2Cl)cc1F. The Morgan fingerprint density at radius 3 is 2.11 bits per heavy atom. The van der Waals surface area contributed by atoms with Gasteiger partial charge in [-0.15, -0.1) is 0 Å². The second kappa shape index (κ2) is 5.55. The molecule has 2 aromatic rings. The van der Waals surface area contributed by atoms with Crippen molar-refractivity contribution >= 4 is 39.1 Å². The summed E-state index contributed by atoms with van der Waals surface area (Å²) in [4.78, 5) is -0.395. The summed E-state index contributed by atoms with van der Waals surface area (Å²) in [6, 6.07) is 8.78. The van der Waals surface area contributed by atoms with Gasteiger partial charge in [0.1, 0.15) is 0 Å². The van der Waals surface area contributed by atoms with Crippen LogP contribution in [0.4, 0.5) is 8.78 Å². The Labute approximate surface area is 122 Å². The third-order valence-electron chi connectivity index (χ3n) is 2.49. The van der Waals surface area contributed by atoms with Crippen molar-refractivity contribution in [3.05, 3.63) is 69.2 Å². The third kappa shape index (κ3) is 2.68. The number of benzene rings is 2. The van der Waals surface area contributed by atoms with E-state index in [4.69, 9.17) is 23.2 Å². The Kier molecular flexibility index (Phi) is 4.25. The first-order valence-electron chi connectivity index (χ1n) is 5.03. The second-order valence-electron chi connectivity index (χ2n) is 3.67. The lowest BCUT2D eigenvalue weighted by molar-refractivity contribution is 0.507. The van der Waals surface area contributed by atoms with Gasteiger partial charge in [-0.2, -0.15) is 0 Å². The molecule has 0 heterocycles. The molecule has 0 radical (unpaired) electrons. The minimum absolute atomic E-state index is 0.395. The molecule has 0 nitrogen and oxygen atoms in total. The van der Waals surface area contributed by atoms with E-state index >= 15 is 0 Å². The summed E-state index contributed by atoms with van der Waals surface area (Å²) in [6.45, 7) is 0. The van der Waals surface area contributed by atoms with Gasteiger partial charge in [-0.05, 0) is 29.8 Å². The molecule has 2 aromatic carbocycles. The van der Waals surface area contributed by atoms with Gasteiger partial charge < -0.3 is 0 Å². The average molecular weight is 352 g/mol. The molecular weight excluding hydrogens is 345 g/mol. The van der Waals surface area contributed by atoms with Crippen LogP contribution in [0.5, 0.6) is 0 Å². The molecule has 0 saturated heterocycles. The molecule has 1 unspecified atom stereocenters. The first-order valence-corrected chi connectivity index (χ1v) is 6.71. The van der Waals surface area contributed by atoms with Crippen molar-refractivity contribution < 1.29 is 8.78 Å². The highest BCUT2D eigenvalue weighted by molar-refractivity contribution is 9.09. The lowest BCUT2D eigenvalue weighted by atomic mass is 10.0. The highest BCUT2D eigenvalue weighted by Gasteiger charge is 2.18. The Balaban J connectivity index is 2.48. The fraction of sp³-hybridized carbons (Fsp3) is 0.0769. The summed E-state index contributed by atoms with van der Waals surface area (Å²) >= 11 is 15.5. The van der Waals surface area contributed by atoms with Gasteiger partial charge in [0.15, 0.2) is 11.6 Å². The van der Waals surface area contributed by atoms with Crippen LogP contribution in [-0.4, -0.2) is 0 Å². The Bertz CT molecular complexity index is 567. The molecule has 0 aliphatic carbocycles. The maximum Gasteiger partial charge on any atom is 0.159 e. The number of hydrogen-bond acceptors (Lipinski definition) is 0. The summed E-state index contributed by atoms with van der Waals surface area (Å²) in [5.74, 6) is -1.79. The third-order valence-corrected chi connectivity index (χ3v) is 4.14. The number of rotatable bonds is 2. The minimum atomic E-state index is -0.903. The standard InChI is InChI=1S/C13H7BrCl2F2/c14-13(7-4-5-10(17)11(18)6-7)12-8(15)2-1-3-9(12)16/h1-6,13H. The van der Waals surface area contributed by atoms with Crippen LogP contribution in [0.1, 0.15) is 16.0 Å². The average Bonchev–Trinajstić information content (AvgIpc) is 2.32. The van der Waals surface area contributed by atoms with Crippen molar-refractivity contribution in [1.29, 1.82) is 0 Å². The molecule has 0 amide bonds. The molecule has 0 N–H and O–H groups in total. The predicted molar refractivity (Wildman–Crippen MR) is 73.6 cm³/mol. The Morgan fingerprint density at radius 1 is 0.944 bits per heavy atom. The van der Waals surface area contributed by atoms with Crippen LogP contribution in [0.25, 0.3) is 0 Å². The summed E-state index contributed by atoms with van der Waals surface area (Å²) in [6.07, 6.45) is 0. The minimum Gasteiger partial charge on any atom is -0.204 e. The van der Waals surface area contributed by atoms with Crippen LogP contribution in [0.2, 0.25) is 10.0 Å². The van der Waals surface area contributed by atoms with Gasteiger partial charge >= 0.3 is 0 Å². The largest absolute Gasteiger partial charge is 0.204 e. The van der Waals surface area contributed by atoms with Crippen molar-refractivity contribution in [3.8, 4) is 0 Å². The quantitative estimate of drug-likeness (QED) is 0.604. The molecule has 2 rings (SSSR count). The van der Waals surface area contributed by atoms with E-state index in [1.807, 2.05) is 0 Å². The van der Waals surface area contributed by atoms with Crippen LogP contribution in [0.15, 0.2) is 36.4 Å². The van der Waals surface area contributed by atoms with E-state index in [1.54, 1.807) is 18.2 Å². The van der Waals surface area contributed by atoms with Crippen molar-refractivity contribution in [2.24, 2.45) is 0 Å². The van der Waals surface area contributed by atoms with E-state index in [0.29, 0.717) is 21.2 Å². The highest BCUT2D eigenvalue weighted by atomic mass is 79.9. The zero-order valence-electron chi connectivity index (χ0n) is 8.93. The molecule has 0 spiro atoms. The maximum atomic E-state index is 13.2. The first-order chi connectivity index (χ1) is 8.50. The number of halogens is 5. The topological polar surface area (TPSA) is 0 Å². The Hall–Kier alpha value is -0.640. The highest BCUT2D eigenvalue weighted by Crippen LogP contribution is 2.39. The number of hydrogen-bond donors (Lipinski definition) is 0. The molecule has 18 heavy (non-hydrogen) atoms. The van der Waals surface area contributed by atoms with Crippen LogP contribution in [0.3, 0.4) is 0 Å². The second-order valence-corrected chi connectivity index (χ2v) is 5.40. The smallest absolute Gasteiger partial charge is 0.159 e. The van der Waals surface area contributed by atoms with E-state index in [0.717, 1.165) is 12.1 Å². The monoisotopic (exact) mass is 350 g/mol. The summed E-state index contributed by atoms with van der Waals surface area (Å²) in [5.41, 5.74) is 1.18. The summed E-state index contributed by atoms with van der Waals surface area (Å²) < 4.78 is 26.1. The van der Waals surface area contributed by atoms with Crippen LogP contribution >= 0.6 is 39.1 Å². The van der Waals surface area contributed by atoms with Crippen molar-refractivity contribution in [3.63, 3.8) is 0 Å². The lowest BCUT2D eigenvalue weighted by Crippen LogP contribution is -1.97. The Morgan fingerprint density at radius 2 is 1.56 bits per heavy atom. The molecule has 5 heteroatoms. The molecule has 0 aliphatic rings. The predicted octanol–water partition coefficient (Wildman–Crippen LogP) is 5.76. The van der Waals surface area contributed by atoms with Gasteiger partial charge in [0, 0.05) is 15.6 Å². The molecular formula is C13H7BrCl2F2. The fourth-order valence-electron chi connectivity index (χ4n) is 1.59. The molecule has 94 valence electrons. The normalized spacial score (nSPS) is 12.5. The molecule has 0 aliphatic heterocycles. The van der Waals surface area contributed by atoms with Crippen LogP contribution in [-0.2, 0) is 0 Å². The molecule has 0 saturated carbocycles. The van der Waals surface area contributed by atoms with Gasteiger partial charge in [-0.3, -0.25) is 0 Å². The van der Waals surface area contributed by atoms with Crippen molar-refractivity contribution in [1.82, 2.24) is 0 Å². The van der Waals surface area contributed by atoms with Gasteiger partial charge in [0.2, 0.25) is 0 Å². The number of alkyl halides is 1. The zero-order chi connectivity index (χ0) is 13.3. The van der Waals surface area contributed by atoms with E-state index < -0.39 is 16.5 Å². The molecule has 1 atom stereocenters. The zero-order valence-corrected chi connectivity index (χ0v) is 12.0. The maximum absolute atomic E-state index is 13.2. The summed E-state index contributed by atoms with van der Waals surface area (Å²) in [5, 5.41) is 0.934. The van der Waals surface area contributed by atoms with Gasteiger partial charge in [0.05, 0.1) is 4.83 Å². The molecule has 0 bridgehead atoms.